The first-order chi connectivity index (χ1) is 8.98. The van der Waals surface area contributed by atoms with Crippen LogP contribution in [-0.2, 0) is 6.42 Å². The first-order valence-electron chi connectivity index (χ1n) is 6.73. The molecule has 0 radical (unpaired) electrons. The van der Waals surface area contributed by atoms with E-state index in [0.717, 1.165) is 12.0 Å². The lowest BCUT2D eigenvalue weighted by molar-refractivity contribution is -0.196. The van der Waals surface area contributed by atoms with Gasteiger partial charge in [0.1, 0.15) is 0 Å². The lowest BCUT2D eigenvalue weighted by atomic mass is 9.75. The monoisotopic (exact) mass is 290 g/mol. The van der Waals surface area contributed by atoms with E-state index in [1.165, 1.54) is 0 Å². The van der Waals surface area contributed by atoms with Crippen molar-refractivity contribution in [1.29, 1.82) is 0 Å². The highest BCUT2D eigenvalue weighted by atomic mass is 35.5. The van der Waals surface area contributed by atoms with Crippen molar-refractivity contribution in [2.75, 3.05) is 0 Å². The normalized spacial score (nSPS) is 26.1. The molecule has 2 rings (SSSR count). The van der Waals surface area contributed by atoms with Crippen molar-refractivity contribution in [2.45, 2.75) is 43.7 Å². The van der Waals surface area contributed by atoms with Crippen LogP contribution in [0.2, 0.25) is 0 Å². The summed E-state index contributed by atoms with van der Waals surface area (Å²) in [5.74, 6) is -1.68. The average Bonchev–Trinajstić information content (AvgIpc) is 2.39. The van der Waals surface area contributed by atoms with E-state index in [4.69, 9.17) is 11.6 Å². The van der Waals surface area contributed by atoms with Crippen LogP contribution in [0.5, 0.6) is 0 Å². The molecule has 0 amide bonds. The Hall–Kier alpha value is -0.700. The van der Waals surface area contributed by atoms with Crippen LogP contribution in [-0.4, -0.2) is 11.6 Å². The van der Waals surface area contributed by atoms with E-state index in [0.29, 0.717) is 19.3 Å². The van der Waals surface area contributed by atoms with Crippen LogP contribution in [0.25, 0.3) is 0 Å². The van der Waals surface area contributed by atoms with Gasteiger partial charge in [-0.3, -0.25) is 0 Å². The third kappa shape index (κ3) is 3.88. The van der Waals surface area contributed by atoms with Gasteiger partial charge in [0, 0.05) is 5.38 Å². The van der Waals surface area contributed by atoms with E-state index in [9.17, 15) is 13.2 Å². The molecule has 1 aliphatic rings. The lowest BCUT2D eigenvalue weighted by Gasteiger charge is -2.35. The van der Waals surface area contributed by atoms with Crippen molar-refractivity contribution >= 4 is 11.6 Å². The maximum Gasteiger partial charge on any atom is 0.392 e. The van der Waals surface area contributed by atoms with Gasteiger partial charge in [-0.2, -0.15) is 13.2 Å². The summed E-state index contributed by atoms with van der Waals surface area (Å²) in [5, 5.41) is -0.436. The Bertz CT molecular complexity index is 388. The summed E-state index contributed by atoms with van der Waals surface area (Å²) in [6.07, 6.45) is -1.27. The van der Waals surface area contributed by atoms with Crippen LogP contribution in [0, 0.1) is 11.8 Å². The molecule has 1 saturated carbocycles. The zero-order valence-electron chi connectivity index (χ0n) is 10.7. The van der Waals surface area contributed by atoms with Gasteiger partial charge in [0.15, 0.2) is 0 Å². The van der Waals surface area contributed by atoms with Crippen LogP contribution in [0.3, 0.4) is 0 Å². The third-order valence-corrected chi connectivity index (χ3v) is 4.46. The second-order valence-corrected chi connectivity index (χ2v) is 5.86. The fourth-order valence-electron chi connectivity index (χ4n) is 2.99. The molecule has 0 nitrogen and oxygen atoms in total. The van der Waals surface area contributed by atoms with Gasteiger partial charge < -0.3 is 0 Å². The fourth-order valence-corrected chi connectivity index (χ4v) is 3.47. The zero-order valence-corrected chi connectivity index (χ0v) is 11.4. The quantitative estimate of drug-likeness (QED) is 0.671. The molecule has 106 valence electrons. The van der Waals surface area contributed by atoms with E-state index in [1.54, 1.807) is 0 Å². The molecule has 0 heterocycles. The fraction of sp³-hybridized carbons (Fsp3) is 0.600. The molecule has 0 aliphatic heterocycles. The molecular formula is C15H18ClF3. The predicted molar refractivity (Wildman–Crippen MR) is 71.3 cm³/mol. The van der Waals surface area contributed by atoms with E-state index in [1.807, 2.05) is 30.3 Å². The van der Waals surface area contributed by atoms with Crippen molar-refractivity contribution < 1.29 is 13.2 Å². The summed E-state index contributed by atoms with van der Waals surface area (Å²) >= 11 is 6.29. The van der Waals surface area contributed by atoms with Gasteiger partial charge in [-0.15, -0.1) is 11.6 Å². The minimum atomic E-state index is -4.12. The molecule has 0 saturated heterocycles. The van der Waals surface area contributed by atoms with Crippen molar-refractivity contribution in [3.8, 4) is 0 Å². The molecule has 4 heteroatoms. The van der Waals surface area contributed by atoms with Gasteiger partial charge in [0.25, 0.3) is 0 Å². The molecule has 1 aromatic rings. The number of rotatable bonds is 3. The van der Waals surface area contributed by atoms with Crippen LogP contribution < -0.4 is 0 Å². The molecule has 1 aliphatic carbocycles. The number of halogens is 4. The Morgan fingerprint density at radius 3 is 2.37 bits per heavy atom. The van der Waals surface area contributed by atoms with Crippen molar-refractivity contribution in [1.82, 2.24) is 0 Å². The highest BCUT2D eigenvalue weighted by Crippen LogP contribution is 2.44. The summed E-state index contributed by atoms with van der Waals surface area (Å²) in [7, 11) is 0. The Labute approximate surface area is 117 Å². The molecule has 0 bridgehead atoms. The van der Waals surface area contributed by atoms with Crippen LogP contribution in [0.15, 0.2) is 30.3 Å². The maximum absolute atomic E-state index is 13.0. The van der Waals surface area contributed by atoms with Gasteiger partial charge in [-0.25, -0.2) is 0 Å². The number of benzene rings is 1. The predicted octanol–water partition coefficient (Wildman–Crippen LogP) is 5.21. The maximum atomic E-state index is 13.0. The van der Waals surface area contributed by atoms with Gasteiger partial charge in [0.2, 0.25) is 0 Å². The Morgan fingerprint density at radius 1 is 1.11 bits per heavy atom. The highest BCUT2D eigenvalue weighted by Gasteiger charge is 2.47. The van der Waals surface area contributed by atoms with Crippen LogP contribution in [0.4, 0.5) is 13.2 Å². The van der Waals surface area contributed by atoms with E-state index in [-0.39, 0.29) is 6.42 Å². The van der Waals surface area contributed by atoms with E-state index < -0.39 is 23.4 Å². The second-order valence-electron chi connectivity index (χ2n) is 5.30. The minimum absolute atomic E-state index is 0.228. The highest BCUT2D eigenvalue weighted by molar-refractivity contribution is 6.21. The third-order valence-electron chi connectivity index (χ3n) is 3.98. The first-order valence-corrected chi connectivity index (χ1v) is 7.17. The van der Waals surface area contributed by atoms with Crippen molar-refractivity contribution in [3.05, 3.63) is 35.9 Å². The van der Waals surface area contributed by atoms with Gasteiger partial charge in [-0.05, 0) is 30.7 Å². The smallest absolute Gasteiger partial charge is 0.171 e. The Balaban J connectivity index is 2.05. The summed E-state index contributed by atoms with van der Waals surface area (Å²) in [5.41, 5.74) is 1.01. The zero-order chi connectivity index (χ0) is 13.9. The molecule has 3 atom stereocenters. The van der Waals surface area contributed by atoms with Crippen molar-refractivity contribution in [2.24, 2.45) is 11.8 Å². The van der Waals surface area contributed by atoms with Crippen molar-refractivity contribution in [3.63, 3.8) is 0 Å². The average molecular weight is 291 g/mol. The SMILES string of the molecule is FC(F)(F)C1CCCCC1C(Cl)Cc1ccccc1. The summed E-state index contributed by atoms with van der Waals surface area (Å²) < 4.78 is 39.1. The summed E-state index contributed by atoms with van der Waals surface area (Å²) in [6, 6.07) is 9.51. The molecule has 0 spiro atoms. The van der Waals surface area contributed by atoms with Crippen LogP contribution >= 0.6 is 11.6 Å². The molecule has 1 aromatic carbocycles. The topological polar surface area (TPSA) is 0 Å². The van der Waals surface area contributed by atoms with E-state index >= 15 is 0 Å². The molecule has 0 N–H and O–H groups in total. The number of hydrogen-bond acceptors (Lipinski definition) is 0. The Morgan fingerprint density at radius 2 is 1.74 bits per heavy atom. The summed E-state index contributed by atoms with van der Waals surface area (Å²) in [4.78, 5) is 0. The largest absolute Gasteiger partial charge is 0.392 e. The Kier molecular flexibility index (Phi) is 4.77. The van der Waals surface area contributed by atoms with Gasteiger partial charge >= 0.3 is 6.18 Å². The van der Waals surface area contributed by atoms with Crippen LogP contribution in [0.1, 0.15) is 31.2 Å². The van der Waals surface area contributed by atoms with Gasteiger partial charge in [0.05, 0.1) is 5.92 Å². The van der Waals surface area contributed by atoms with Gasteiger partial charge in [-0.1, -0.05) is 43.2 Å². The standard InChI is InChI=1S/C15H18ClF3/c16-14(10-11-6-2-1-3-7-11)12-8-4-5-9-13(12)15(17,18)19/h1-3,6-7,12-14H,4-5,8-10H2. The molecule has 19 heavy (non-hydrogen) atoms. The minimum Gasteiger partial charge on any atom is -0.171 e. The van der Waals surface area contributed by atoms with E-state index in [2.05, 4.69) is 0 Å². The molecular weight excluding hydrogens is 273 g/mol. The molecule has 3 unspecified atom stereocenters. The first kappa shape index (κ1) is 14.7. The second kappa shape index (κ2) is 6.17. The molecule has 1 fully saturated rings. The number of hydrogen-bond donors (Lipinski definition) is 0. The lowest BCUT2D eigenvalue weighted by Crippen LogP contribution is -2.38. The molecule has 0 aromatic heterocycles. The summed E-state index contributed by atoms with van der Waals surface area (Å²) in [6.45, 7) is 0. The number of alkyl halides is 4.